The van der Waals surface area contributed by atoms with Crippen molar-refractivity contribution in [1.29, 1.82) is 0 Å². The molecule has 0 aliphatic carbocycles. The number of carbonyl (C=O) groups is 2. The predicted molar refractivity (Wildman–Crippen MR) is 72.7 cm³/mol. The first-order valence-corrected chi connectivity index (χ1v) is 6.41. The van der Waals surface area contributed by atoms with Gasteiger partial charge in [-0.3, -0.25) is 4.79 Å². The number of hydrogen-bond donors (Lipinski definition) is 2. The van der Waals surface area contributed by atoms with Gasteiger partial charge in [0.2, 0.25) is 0 Å². The average Bonchev–Trinajstić information content (AvgIpc) is 2.27. The summed E-state index contributed by atoms with van der Waals surface area (Å²) in [5, 5.41) is 11.7. The summed E-state index contributed by atoms with van der Waals surface area (Å²) in [6.07, 6.45) is 0.320. The molecule has 2 N–H and O–H groups in total. The highest BCUT2D eigenvalue weighted by Crippen LogP contribution is 2.17. The van der Waals surface area contributed by atoms with Crippen molar-refractivity contribution in [2.75, 3.05) is 0 Å². The van der Waals surface area contributed by atoms with Crippen LogP contribution in [0.3, 0.4) is 0 Å². The number of hydrogen-bond acceptors (Lipinski definition) is 2. The lowest BCUT2D eigenvalue weighted by molar-refractivity contribution is -0.143. The zero-order chi connectivity index (χ0) is 13.9. The van der Waals surface area contributed by atoms with E-state index in [-0.39, 0.29) is 5.91 Å². The minimum atomic E-state index is -1.24. The Morgan fingerprint density at radius 2 is 2.00 bits per heavy atom. The van der Waals surface area contributed by atoms with Gasteiger partial charge in [-0.15, -0.1) is 0 Å². The fourth-order valence-electron chi connectivity index (χ4n) is 1.48. The SMILES string of the molecule is CCC(C)(NC(=O)c1cc(C)cc(Br)c1)C(=O)O. The van der Waals surface area contributed by atoms with Crippen LogP contribution in [0.1, 0.15) is 36.2 Å². The molecule has 0 heterocycles. The molecule has 1 aromatic rings. The maximum Gasteiger partial charge on any atom is 0.329 e. The van der Waals surface area contributed by atoms with E-state index in [1.54, 1.807) is 19.1 Å². The van der Waals surface area contributed by atoms with Crippen molar-refractivity contribution in [2.45, 2.75) is 32.7 Å². The van der Waals surface area contributed by atoms with Crippen LogP contribution in [0, 0.1) is 6.92 Å². The van der Waals surface area contributed by atoms with Crippen molar-refractivity contribution in [3.8, 4) is 0 Å². The molecule has 0 fully saturated rings. The molecule has 0 spiro atoms. The number of carbonyl (C=O) groups excluding carboxylic acids is 1. The van der Waals surface area contributed by atoms with Gasteiger partial charge in [0.1, 0.15) is 5.54 Å². The molecule has 98 valence electrons. The van der Waals surface area contributed by atoms with Gasteiger partial charge in [-0.05, 0) is 44.0 Å². The molecule has 5 heteroatoms. The van der Waals surface area contributed by atoms with Crippen LogP contribution in [0.25, 0.3) is 0 Å². The fourth-order valence-corrected chi connectivity index (χ4v) is 2.09. The Morgan fingerprint density at radius 1 is 1.39 bits per heavy atom. The monoisotopic (exact) mass is 313 g/mol. The molecule has 4 nitrogen and oxygen atoms in total. The summed E-state index contributed by atoms with van der Waals surface area (Å²) in [6, 6.07) is 5.27. The number of nitrogens with one attached hydrogen (secondary N) is 1. The standard InChI is InChI=1S/C13H16BrNO3/c1-4-13(3,12(17)18)15-11(16)9-5-8(2)6-10(14)7-9/h5-7H,4H2,1-3H3,(H,15,16)(H,17,18). The third-order valence-corrected chi connectivity index (χ3v) is 3.33. The van der Waals surface area contributed by atoms with Gasteiger partial charge in [0.15, 0.2) is 0 Å². The van der Waals surface area contributed by atoms with Crippen molar-refractivity contribution in [2.24, 2.45) is 0 Å². The van der Waals surface area contributed by atoms with Crippen molar-refractivity contribution >= 4 is 27.8 Å². The number of rotatable bonds is 4. The molecule has 1 unspecified atom stereocenters. The van der Waals surface area contributed by atoms with Crippen LogP contribution in [0.2, 0.25) is 0 Å². The molecule has 0 bridgehead atoms. The Bertz CT molecular complexity index is 467. The molecule has 1 amide bonds. The Labute approximate surface area is 115 Å². The number of carboxylic acid groups (broad SMARTS) is 1. The van der Waals surface area contributed by atoms with Crippen LogP contribution >= 0.6 is 15.9 Å². The Morgan fingerprint density at radius 3 is 2.44 bits per heavy atom. The van der Waals surface area contributed by atoms with Crippen molar-refractivity contribution in [3.05, 3.63) is 33.8 Å². The molecule has 18 heavy (non-hydrogen) atoms. The van der Waals surface area contributed by atoms with Crippen LogP contribution < -0.4 is 5.32 Å². The Balaban J connectivity index is 2.98. The number of amides is 1. The number of carboxylic acids is 1. The van der Waals surface area contributed by atoms with Gasteiger partial charge in [-0.25, -0.2) is 4.79 Å². The zero-order valence-electron chi connectivity index (χ0n) is 10.6. The largest absolute Gasteiger partial charge is 0.480 e. The van der Waals surface area contributed by atoms with Crippen molar-refractivity contribution in [1.82, 2.24) is 5.32 Å². The second-order valence-corrected chi connectivity index (χ2v) is 5.38. The van der Waals surface area contributed by atoms with Crippen LogP contribution in [-0.4, -0.2) is 22.5 Å². The minimum Gasteiger partial charge on any atom is -0.480 e. The smallest absolute Gasteiger partial charge is 0.329 e. The Hall–Kier alpha value is -1.36. The van der Waals surface area contributed by atoms with Gasteiger partial charge < -0.3 is 10.4 Å². The van der Waals surface area contributed by atoms with Crippen LogP contribution in [0.5, 0.6) is 0 Å². The second kappa shape index (κ2) is 5.52. The molecular formula is C13H16BrNO3. The summed E-state index contributed by atoms with van der Waals surface area (Å²) in [4.78, 5) is 23.2. The summed E-state index contributed by atoms with van der Waals surface area (Å²) in [5.74, 6) is -1.42. The molecular weight excluding hydrogens is 298 g/mol. The lowest BCUT2D eigenvalue weighted by Gasteiger charge is -2.24. The van der Waals surface area contributed by atoms with Crippen molar-refractivity contribution < 1.29 is 14.7 Å². The van der Waals surface area contributed by atoms with Gasteiger partial charge in [-0.1, -0.05) is 22.9 Å². The van der Waals surface area contributed by atoms with Gasteiger partial charge in [0, 0.05) is 10.0 Å². The van der Waals surface area contributed by atoms with E-state index >= 15 is 0 Å². The molecule has 0 aliphatic heterocycles. The topological polar surface area (TPSA) is 66.4 Å². The van der Waals surface area contributed by atoms with Crippen LogP contribution in [-0.2, 0) is 4.79 Å². The third-order valence-electron chi connectivity index (χ3n) is 2.87. The molecule has 0 saturated heterocycles. The molecule has 0 aliphatic rings. The van der Waals surface area contributed by atoms with Gasteiger partial charge >= 0.3 is 5.97 Å². The third kappa shape index (κ3) is 3.32. The zero-order valence-corrected chi connectivity index (χ0v) is 12.2. The highest BCUT2D eigenvalue weighted by atomic mass is 79.9. The average molecular weight is 314 g/mol. The first-order chi connectivity index (χ1) is 8.28. The van der Waals surface area contributed by atoms with Crippen molar-refractivity contribution in [3.63, 3.8) is 0 Å². The lowest BCUT2D eigenvalue weighted by Crippen LogP contribution is -2.51. The van der Waals surface area contributed by atoms with E-state index in [1.165, 1.54) is 6.92 Å². The van der Waals surface area contributed by atoms with E-state index < -0.39 is 11.5 Å². The first kappa shape index (κ1) is 14.7. The normalized spacial score (nSPS) is 13.8. The molecule has 0 radical (unpaired) electrons. The minimum absolute atomic E-state index is 0.320. The van der Waals surface area contributed by atoms with E-state index in [4.69, 9.17) is 5.11 Å². The number of aryl methyl sites for hydroxylation is 1. The summed E-state index contributed by atoms with van der Waals surface area (Å²) in [5.41, 5.74) is 0.138. The maximum absolute atomic E-state index is 12.0. The summed E-state index contributed by atoms with van der Waals surface area (Å²) < 4.78 is 0.793. The van der Waals surface area contributed by atoms with E-state index in [1.807, 2.05) is 13.0 Å². The highest BCUT2D eigenvalue weighted by Gasteiger charge is 2.33. The Kier molecular flexibility index (Phi) is 4.51. The second-order valence-electron chi connectivity index (χ2n) is 4.46. The molecule has 1 atom stereocenters. The fraction of sp³-hybridized carbons (Fsp3) is 0.385. The summed E-state index contributed by atoms with van der Waals surface area (Å²) in [7, 11) is 0. The van der Waals surface area contributed by atoms with E-state index in [0.717, 1.165) is 10.0 Å². The van der Waals surface area contributed by atoms with Gasteiger partial charge in [-0.2, -0.15) is 0 Å². The highest BCUT2D eigenvalue weighted by molar-refractivity contribution is 9.10. The van der Waals surface area contributed by atoms with Gasteiger partial charge in [0.25, 0.3) is 5.91 Å². The number of halogens is 1. The molecule has 0 aromatic heterocycles. The first-order valence-electron chi connectivity index (χ1n) is 5.61. The van der Waals surface area contributed by atoms with Crippen LogP contribution in [0.4, 0.5) is 0 Å². The van der Waals surface area contributed by atoms with E-state index in [2.05, 4.69) is 21.2 Å². The number of benzene rings is 1. The summed E-state index contributed by atoms with van der Waals surface area (Å²) >= 11 is 3.31. The van der Waals surface area contributed by atoms with E-state index in [0.29, 0.717) is 12.0 Å². The molecule has 1 aromatic carbocycles. The lowest BCUT2D eigenvalue weighted by atomic mass is 9.98. The maximum atomic E-state index is 12.0. The van der Waals surface area contributed by atoms with Crippen LogP contribution in [0.15, 0.2) is 22.7 Å². The van der Waals surface area contributed by atoms with E-state index in [9.17, 15) is 9.59 Å². The quantitative estimate of drug-likeness (QED) is 0.898. The van der Waals surface area contributed by atoms with Gasteiger partial charge in [0.05, 0.1) is 0 Å². The number of aliphatic carboxylic acids is 1. The summed E-state index contributed by atoms with van der Waals surface area (Å²) in [6.45, 7) is 5.09. The predicted octanol–water partition coefficient (Wildman–Crippen LogP) is 2.74. The molecule has 0 saturated carbocycles. The molecule has 1 rings (SSSR count).